The largest absolute Gasteiger partial charge is 0.383 e. The van der Waals surface area contributed by atoms with Gasteiger partial charge < -0.3 is 16.0 Å². The summed E-state index contributed by atoms with van der Waals surface area (Å²) in [4.78, 5) is 19.0. The summed E-state index contributed by atoms with van der Waals surface area (Å²) in [6.07, 6.45) is 0. The zero-order valence-corrected chi connectivity index (χ0v) is 11.6. The molecule has 0 aliphatic rings. The fourth-order valence-corrected chi connectivity index (χ4v) is 2.40. The molecule has 6 heteroatoms. The number of hydrogen-bond donors (Lipinski definition) is 3. The number of hydrogen-bond acceptors (Lipinski definition) is 5. The Balaban J connectivity index is 2.17. The van der Waals surface area contributed by atoms with Gasteiger partial charge in [-0.3, -0.25) is 4.79 Å². The number of rotatable bonds is 4. The van der Waals surface area contributed by atoms with Crippen LogP contribution in [0.15, 0.2) is 45.2 Å². The van der Waals surface area contributed by atoms with Crippen molar-refractivity contribution in [3.8, 4) is 0 Å². The molecular formula is C13H16N4OS. The minimum absolute atomic E-state index is 0.228. The van der Waals surface area contributed by atoms with E-state index in [0.717, 1.165) is 4.90 Å². The number of benzene rings is 1. The van der Waals surface area contributed by atoms with Gasteiger partial charge in [-0.25, -0.2) is 4.98 Å². The Bertz CT molecular complexity index is 609. The first kappa shape index (κ1) is 13.6. The van der Waals surface area contributed by atoms with Crippen molar-refractivity contribution in [1.29, 1.82) is 0 Å². The van der Waals surface area contributed by atoms with Gasteiger partial charge >= 0.3 is 0 Å². The number of nitrogens with two attached hydrogens (primary N) is 1. The molecule has 4 N–H and O–H groups in total. The van der Waals surface area contributed by atoms with E-state index in [4.69, 9.17) is 5.73 Å². The predicted molar refractivity (Wildman–Crippen MR) is 77.3 cm³/mol. The molecule has 0 spiro atoms. The monoisotopic (exact) mass is 276 g/mol. The fraction of sp³-hybridized carbons (Fsp3) is 0.231. The Kier molecular flexibility index (Phi) is 4.24. The standard InChI is InChI=1S/C13H16N4OS/c1-8(15-2)9-3-5-10(6-4-9)19-13-16-11(14)7-12(18)17-13/h3-8,15H,1-2H3,(H3,14,16,17,18). The molecule has 0 aliphatic heterocycles. The lowest BCUT2D eigenvalue weighted by Crippen LogP contribution is -2.11. The van der Waals surface area contributed by atoms with Crippen LogP contribution in [0.5, 0.6) is 0 Å². The molecule has 100 valence electrons. The van der Waals surface area contributed by atoms with Crippen LogP contribution in [-0.4, -0.2) is 17.0 Å². The Morgan fingerprint density at radius 1 is 1.37 bits per heavy atom. The lowest BCUT2D eigenvalue weighted by Gasteiger charge is -2.10. The van der Waals surface area contributed by atoms with Gasteiger partial charge in [-0.15, -0.1) is 0 Å². The van der Waals surface area contributed by atoms with Gasteiger partial charge in [0.05, 0.1) is 0 Å². The number of aromatic amines is 1. The van der Waals surface area contributed by atoms with Gasteiger partial charge in [0, 0.05) is 17.0 Å². The summed E-state index contributed by atoms with van der Waals surface area (Å²) in [5.74, 6) is 0.228. The molecule has 0 radical (unpaired) electrons. The first-order valence-electron chi connectivity index (χ1n) is 5.90. The van der Waals surface area contributed by atoms with E-state index in [1.54, 1.807) is 0 Å². The molecule has 5 nitrogen and oxygen atoms in total. The van der Waals surface area contributed by atoms with E-state index in [2.05, 4.69) is 22.2 Å². The smallest absolute Gasteiger partial charge is 0.253 e. The van der Waals surface area contributed by atoms with Crippen LogP contribution in [-0.2, 0) is 0 Å². The zero-order chi connectivity index (χ0) is 13.8. The molecule has 0 aliphatic carbocycles. The third kappa shape index (κ3) is 3.59. The second kappa shape index (κ2) is 5.90. The van der Waals surface area contributed by atoms with Crippen LogP contribution in [0.25, 0.3) is 0 Å². The topological polar surface area (TPSA) is 83.8 Å². The van der Waals surface area contributed by atoms with Crippen molar-refractivity contribution in [2.45, 2.75) is 23.0 Å². The summed E-state index contributed by atoms with van der Waals surface area (Å²) < 4.78 is 0. The minimum Gasteiger partial charge on any atom is -0.383 e. The van der Waals surface area contributed by atoms with E-state index in [0.29, 0.717) is 11.2 Å². The molecule has 0 amide bonds. The number of nitrogen functional groups attached to an aromatic ring is 1. The maximum absolute atomic E-state index is 11.3. The molecule has 1 aromatic carbocycles. The SMILES string of the molecule is CNC(C)c1ccc(Sc2nc(N)cc(=O)[nH]2)cc1. The van der Waals surface area contributed by atoms with Crippen molar-refractivity contribution in [3.63, 3.8) is 0 Å². The van der Waals surface area contributed by atoms with E-state index in [1.807, 2.05) is 31.3 Å². The van der Waals surface area contributed by atoms with Gasteiger partial charge in [0.2, 0.25) is 0 Å². The van der Waals surface area contributed by atoms with E-state index in [9.17, 15) is 4.79 Å². The van der Waals surface area contributed by atoms with Gasteiger partial charge in [-0.1, -0.05) is 23.9 Å². The lowest BCUT2D eigenvalue weighted by atomic mass is 10.1. The Morgan fingerprint density at radius 2 is 2.05 bits per heavy atom. The average Bonchev–Trinajstić information content (AvgIpc) is 2.37. The number of nitrogens with zero attached hydrogens (tertiary/aromatic N) is 1. The van der Waals surface area contributed by atoms with Gasteiger partial charge in [-0.05, 0) is 31.7 Å². The molecule has 1 aromatic heterocycles. The highest BCUT2D eigenvalue weighted by molar-refractivity contribution is 7.99. The third-order valence-corrected chi connectivity index (χ3v) is 3.66. The maximum Gasteiger partial charge on any atom is 0.253 e. The van der Waals surface area contributed by atoms with Crippen LogP contribution >= 0.6 is 11.8 Å². The van der Waals surface area contributed by atoms with Crippen molar-refractivity contribution < 1.29 is 0 Å². The first-order valence-corrected chi connectivity index (χ1v) is 6.72. The summed E-state index contributed by atoms with van der Waals surface area (Å²) >= 11 is 1.38. The van der Waals surface area contributed by atoms with Crippen LogP contribution in [0.4, 0.5) is 5.82 Å². The van der Waals surface area contributed by atoms with E-state index in [-0.39, 0.29) is 11.4 Å². The number of anilines is 1. The van der Waals surface area contributed by atoms with E-state index in [1.165, 1.54) is 23.4 Å². The molecule has 2 rings (SSSR count). The van der Waals surface area contributed by atoms with Gasteiger partial charge in [0.25, 0.3) is 5.56 Å². The normalized spacial score (nSPS) is 12.3. The molecule has 0 saturated carbocycles. The molecule has 0 saturated heterocycles. The summed E-state index contributed by atoms with van der Waals surface area (Å²) in [5, 5.41) is 3.68. The first-order chi connectivity index (χ1) is 9.08. The van der Waals surface area contributed by atoms with Crippen LogP contribution in [0.3, 0.4) is 0 Å². The van der Waals surface area contributed by atoms with Crippen molar-refractivity contribution in [2.75, 3.05) is 12.8 Å². The minimum atomic E-state index is -0.240. The highest BCUT2D eigenvalue weighted by Gasteiger charge is 2.04. The van der Waals surface area contributed by atoms with Gasteiger partial charge in [0.1, 0.15) is 5.82 Å². The molecule has 1 unspecified atom stereocenters. The lowest BCUT2D eigenvalue weighted by molar-refractivity contribution is 0.652. The number of aromatic nitrogens is 2. The highest BCUT2D eigenvalue weighted by Crippen LogP contribution is 2.25. The van der Waals surface area contributed by atoms with Crippen LogP contribution < -0.4 is 16.6 Å². The fourth-order valence-electron chi connectivity index (χ4n) is 1.60. The molecule has 1 atom stereocenters. The maximum atomic E-state index is 11.3. The number of nitrogens with one attached hydrogen (secondary N) is 2. The van der Waals surface area contributed by atoms with Crippen LogP contribution in [0, 0.1) is 0 Å². The van der Waals surface area contributed by atoms with Crippen LogP contribution in [0.2, 0.25) is 0 Å². The third-order valence-electron chi connectivity index (χ3n) is 2.77. The van der Waals surface area contributed by atoms with Crippen molar-refractivity contribution >= 4 is 17.6 Å². The van der Waals surface area contributed by atoms with Gasteiger partial charge in [0.15, 0.2) is 5.16 Å². The predicted octanol–water partition coefficient (Wildman–Crippen LogP) is 1.78. The highest BCUT2D eigenvalue weighted by atomic mass is 32.2. The molecule has 0 bridgehead atoms. The second-order valence-corrected chi connectivity index (χ2v) is 5.22. The van der Waals surface area contributed by atoms with E-state index >= 15 is 0 Å². The van der Waals surface area contributed by atoms with Crippen molar-refractivity contribution in [2.24, 2.45) is 0 Å². The number of H-pyrrole nitrogens is 1. The van der Waals surface area contributed by atoms with Crippen LogP contribution in [0.1, 0.15) is 18.5 Å². The van der Waals surface area contributed by atoms with Crippen molar-refractivity contribution in [3.05, 3.63) is 46.2 Å². The summed E-state index contributed by atoms with van der Waals surface area (Å²) in [5.41, 5.74) is 6.51. The average molecular weight is 276 g/mol. The van der Waals surface area contributed by atoms with Gasteiger partial charge in [-0.2, -0.15) is 0 Å². The summed E-state index contributed by atoms with van der Waals surface area (Å²) in [6.45, 7) is 2.10. The zero-order valence-electron chi connectivity index (χ0n) is 10.8. The molecule has 0 fully saturated rings. The Hall–Kier alpha value is -1.79. The molecular weight excluding hydrogens is 260 g/mol. The van der Waals surface area contributed by atoms with Crippen molar-refractivity contribution in [1.82, 2.24) is 15.3 Å². The Labute approximate surface area is 115 Å². The second-order valence-electron chi connectivity index (χ2n) is 4.16. The van der Waals surface area contributed by atoms with E-state index < -0.39 is 0 Å². The molecule has 2 aromatic rings. The Morgan fingerprint density at radius 3 is 2.63 bits per heavy atom. The molecule has 1 heterocycles. The quantitative estimate of drug-likeness (QED) is 0.741. The summed E-state index contributed by atoms with van der Waals surface area (Å²) in [6, 6.07) is 9.67. The molecule has 19 heavy (non-hydrogen) atoms. The summed E-state index contributed by atoms with van der Waals surface area (Å²) in [7, 11) is 1.93.